The molecule has 0 aromatic heterocycles. The van der Waals surface area contributed by atoms with Gasteiger partial charge < -0.3 is 15.6 Å². The van der Waals surface area contributed by atoms with Crippen LogP contribution < -0.4 is 5.73 Å². The van der Waals surface area contributed by atoms with Crippen LogP contribution in [0.25, 0.3) is 0 Å². The average molecular weight is 297 g/mol. The van der Waals surface area contributed by atoms with Crippen molar-refractivity contribution in [2.24, 2.45) is 5.73 Å². The smallest absolute Gasteiger partial charge is 0.183 e. The quantitative estimate of drug-likeness (QED) is 0.385. The Bertz CT molecular complexity index is 406. The minimum Gasteiger partial charge on any atom is -0.366 e. The summed E-state index contributed by atoms with van der Waals surface area (Å²) in [6.07, 6.45) is 7.49. The molecule has 0 saturated carbocycles. The van der Waals surface area contributed by atoms with Crippen LogP contribution in [0.3, 0.4) is 0 Å². The lowest BCUT2D eigenvalue weighted by atomic mass is 10.0. The number of nitrogens with two attached hydrogens (primary N) is 1. The molecule has 0 amide bonds. The number of epoxide rings is 1. The maximum absolute atomic E-state index is 11.0. The highest BCUT2D eigenvalue weighted by Crippen LogP contribution is 2.25. The highest BCUT2D eigenvalue weighted by atomic mass is 32.2. The molecule has 4 atom stereocenters. The summed E-state index contributed by atoms with van der Waals surface area (Å²) in [6.45, 7) is 7.30. The van der Waals surface area contributed by atoms with E-state index in [0.717, 1.165) is 5.57 Å². The van der Waals surface area contributed by atoms with E-state index in [4.69, 9.17) is 10.5 Å². The summed E-state index contributed by atoms with van der Waals surface area (Å²) < 4.78 is 4.96. The molecule has 1 saturated heterocycles. The lowest BCUT2D eigenvalue weighted by molar-refractivity contribution is -0.114. The first-order valence-corrected chi connectivity index (χ1v) is 7.69. The van der Waals surface area contributed by atoms with Crippen molar-refractivity contribution in [1.29, 1.82) is 0 Å². The zero-order chi connectivity index (χ0) is 15.1. The molecule has 4 unspecified atom stereocenters. The fourth-order valence-corrected chi connectivity index (χ4v) is 2.49. The lowest BCUT2D eigenvalue weighted by Gasteiger charge is -2.10. The Morgan fingerprint density at radius 3 is 2.70 bits per heavy atom. The Hall–Kier alpha value is -0.880. The van der Waals surface area contributed by atoms with Gasteiger partial charge in [0.15, 0.2) is 6.29 Å². The maximum atomic E-state index is 11.0. The van der Waals surface area contributed by atoms with E-state index in [1.165, 1.54) is 0 Å². The lowest BCUT2D eigenvalue weighted by Crippen LogP contribution is -2.28. The van der Waals surface area contributed by atoms with Crippen molar-refractivity contribution in [3.05, 3.63) is 36.5 Å². The summed E-state index contributed by atoms with van der Waals surface area (Å²) in [5.41, 5.74) is 7.03. The number of thioether (sulfide) groups is 1. The SMILES string of the molecule is C=CC(/C=C\C(=C/C)CC(N)C1OC1O)SCC(C)=O. The third-order valence-electron chi connectivity index (χ3n) is 2.98. The van der Waals surface area contributed by atoms with Gasteiger partial charge in [0.2, 0.25) is 0 Å². The molecule has 0 bridgehead atoms. The molecule has 0 spiro atoms. The third kappa shape index (κ3) is 6.05. The van der Waals surface area contributed by atoms with Crippen molar-refractivity contribution in [2.45, 2.75) is 44.0 Å². The van der Waals surface area contributed by atoms with Gasteiger partial charge in [-0.3, -0.25) is 4.79 Å². The Balaban J connectivity index is 2.46. The number of hydrogen-bond donors (Lipinski definition) is 2. The Kier molecular flexibility index (Phi) is 7.23. The van der Waals surface area contributed by atoms with E-state index in [0.29, 0.717) is 12.2 Å². The van der Waals surface area contributed by atoms with E-state index in [1.807, 2.05) is 31.2 Å². The summed E-state index contributed by atoms with van der Waals surface area (Å²) in [5, 5.41) is 9.28. The van der Waals surface area contributed by atoms with Crippen LogP contribution in [0.4, 0.5) is 0 Å². The van der Waals surface area contributed by atoms with Crippen LogP contribution in [0.1, 0.15) is 20.3 Å². The van der Waals surface area contributed by atoms with Crippen LogP contribution in [0.5, 0.6) is 0 Å². The van der Waals surface area contributed by atoms with Gasteiger partial charge >= 0.3 is 0 Å². The summed E-state index contributed by atoms with van der Waals surface area (Å²) in [4.78, 5) is 11.0. The number of ether oxygens (including phenoxy) is 1. The van der Waals surface area contributed by atoms with Gasteiger partial charge in [0, 0.05) is 11.3 Å². The summed E-state index contributed by atoms with van der Waals surface area (Å²) in [5.74, 6) is 0.636. The van der Waals surface area contributed by atoms with E-state index in [1.54, 1.807) is 18.7 Å². The number of Topliss-reactive ketones (excluding diaryl/α,β-unsaturated/α-hetero) is 1. The number of carbonyl (C=O) groups excluding carboxylic acids is 1. The Labute approximate surface area is 124 Å². The van der Waals surface area contributed by atoms with Gasteiger partial charge in [-0.15, -0.1) is 18.3 Å². The number of carbonyl (C=O) groups is 1. The molecule has 0 radical (unpaired) electrons. The highest BCUT2D eigenvalue weighted by Gasteiger charge is 2.41. The van der Waals surface area contributed by atoms with Crippen LogP contribution in [0.2, 0.25) is 0 Å². The molecule has 4 nitrogen and oxygen atoms in total. The van der Waals surface area contributed by atoms with Gasteiger partial charge in [-0.2, -0.15) is 0 Å². The number of ketones is 1. The second-order valence-corrected chi connectivity index (χ2v) is 5.96. The molecule has 1 aliphatic heterocycles. The van der Waals surface area contributed by atoms with Crippen LogP contribution in [0, 0.1) is 0 Å². The van der Waals surface area contributed by atoms with Crippen molar-refractivity contribution in [3.8, 4) is 0 Å². The first-order chi connectivity index (χ1) is 9.47. The van der Waals surface area contributed by atoms with Crippen LogP contribution >= 0.6 is 11.8 Å². The normalized spacial score (nSPS) is 25.5. The number of aliphatic hydroxyl groups excluding tert-OH is 1. The molecular formula is C15H23NO3S. The fourth-order valence-electron chi connectivity index (χ4n) is 1.73. The van der Waals surface area contributed by atoms with Crippen LogP contribution in [0.15, 0.2) is 36.5 Å². The summed E-state index contributed by atoms with van der Waals surface area (Å²) in [7, 11) is 0. The van der Waals surface area contributed by atoms with Crippen LogP contribution in [-0.4, -0.2) is 40.3 Å². The van der Waals surface area contributed by atoms with E-state index < -0.39 is 6.29 Å². The second kappa shape index (κ2) is 8.42. The summed E-state index contributed by atoms with van der Waals surface area (Å²) >= 11 is 1.54. The van der Waals surface area contributed by atoms with Crippen molar-refractivity contribution in [3.63, 3.8) is 0 Å². The van der Waals surface area contributed by atoms with Crippen molar-refractivity contribution in [2.75, 3.05) is 5.75 Å². The largest absolute Gasteiger partial charge is 0.366 e. The van der Waals surface area contributed by atoms with E-state index >= 15 is 0 Å². The molecule has 112 valence electrons. The minimum absolute atomic E-state index is 0.104. The van der Waals surface area contributed by atoms with Gasteiger partial charge in [-0.1, -0.05) is 29.9 Å². The first kappa shape index (κ1) is 17.2. The number of aliphatic hydroxyl groups is 1. The van der Waals surface area contributed by atoms with E-state index in [-0.39, 0.29) is 23.2 Å². The van der Waals surface area contributed by atoms with Gasteiger partial charge in [-0.25, -0.2) is 0 Å². The van der Waals surface area contributed by atoms with E-state index in [2.05, 4.69) is 6.58 Å². The van der Waals surface area contributed by atoms with Gasteiger partial charge in [0.05, 0.1) is 5.75 Å². The zero-order valence-corrected chi connectivity index (χ0v) is 12.8. The maximum Gasteiger partial charge on any atom is 0.183 e. The van der Waals surface area contributed by atoms with Gasteiger partial charge in [0.1, 0.15) is 11.9 Å². The minimum atomic E-state index is -0.709. The second-order valence-electron chi connectivity index (χ2n) is 4.80. The van der Waals surface area contributed by atoms with Gasteiger partial charge in [-0.05, 0) is 20.3 Å². The fraction of sp³-hybridized carbons (Fsp3) is 0.533. The average Bonchev–Trinajstić information content (AvgIpc) is 3.14. The third-order valence-corrected chi connectivity index (χ3v) is 4.28. The topological polar surface area (TPSA) is 75.8 Å². The molecule has 3 N–H and O–H groups in total. The zero-order valence-electron chi connectivity index (χ0n) is 12.0. The molecule has 1 heterocycles. The van der Waals surface area contributed by atoms with Crippen LogP contribution in [-0.2, 0) is 9.53 Å². The standard InChI is InChI=1S/C15H23NO3S/c1-4-11(8-13(16)14-15(18)19-14)6-7-12(5-2)20-9-10(3)17/h4-7,12-15,18H,2,8-9,16H2,1,3H3/b7-6-,11-4+. The van der Waals surface area contributed by atoms with Crippen molar-refractivity contribution < 1.29 is 14.6 Å². The molecule has 0 aromatic rings. The van der Waals surface area contributed by atoms with E-state index in [9.17, 15) is 9.90 Å². The first-order valence-electron chi connectivity index (χ1n) is 6.64. The van der Waals surface area contributed by atoms with Gasteiger partial charge in [0.25, 0.3) is 0 Å². The number of rotatable bonds is 9. The Morgan fingerprint density at radius 2 is 2.25 bits per heavy atom. The van der Waals surface area contributed by atoms with Crippen molar-refractivity contribution >= 4 is 17.5 Å². The Morgan fingerprint density at radius 1 is 1.60 bits per heavy atom. The van der Waals surface area contributed by atoms with Crippen molar-refractivity contribution in [1.82, 2.24) is 0 Å². The number of allylic oxidation sites excluding steroid dienone is 2. The molecule has 20 heavy (non-hydrogen) atoms. The molecular weight excluding hydrogens is 274 g/mol. The molecule has 5 heteroatoms. The molecule has 0 aromatic carbocycles. The predicted octanol–water partition coefficient (Wildman–Crippen LogP) is 1.80. The monoisotopic (exact) mass is 297 g/mol. The molecule has 0 aliphatic carbocycles. The molecule has 1 rings (SSSR count). The number of hydrogen-bond acceptors (Lipinski definition) is 5. The highest BCUT2D eigenvalue weighted by molar-refractivity contribution is 8.00. The predicted molar refractivity (Wildman–Crippen MR) is 83.5 cm³/mol. The molecule has 1 aliphatic rings. The molecule has 1 fully saturated rings. The summed E-state index contributed by atoms with van der Waals surface area (Å²) in [6, 6.07) is -0.201.